The summed E-state index contributed by atoms with van der Waals surface area (Å²) < 4.78 is 25.3. The minimum Gasteiger partial charge on any atom is -0.495 e. The Hall–Kier alpha value is -4.13. The average molecular weight is 432 g/mol. The summed E-state index contributed by atoms with van der Waals surface area (Å²) in [5.41, 5.74) is 1.06. The molecule has 7 heteroatoms. The van der Waals surface area contributed by atoms with Crippen molar-refractivity contribution < 1.29 is 23.5 Å². The topological polar surface area (TPSA) is 67.9 Å². The van der Waals surface area contributed by atoms with Gasteiger partial charge in [-0.2, -0.15) is 0 Å². The molecule has 0 fully saturated rings. The molecule has 0 spiro atoms. The van der Waals surface area contributed by atoms with Crippen molar-refractivity contribution in [3.63, 3.8) is 0 Å². The molecule has 1 aliphatic rings. The predicted octanol–water partition coefficient (Wildman–Crippen LogP) is 4.63. The number of methoxy groups -OCH3 is 1. The molecule has 2 amide bonds. The molecule has 32 heavy (non-hydrogen) atoms. The Kier molecular flexibility index (Phi) is 5.89. The molecule has 1 heterocycles. The van der Waals surface area contributed by atoms with E-state index in [0.717, 1.165) is 4.90 Å². The molecule has 3 aromatic rings. The number of anilines is 2. The van der Waals surface area contributed by atoms with Gasteiger partial charge in [-0.1, -0.05) is 36.4 Å². The molecule has 0 radical (unpaired) electrons. The van der Waals surface area contributed by atoms with E-state index in [1.807, 2.05) is 6.92 Å². The highest BCUT2D eigenvalue weighted by atomic mass is 19.1. The highest BCUT2D eigenvalue weighted by molar-refractivity contribution is 6.46. The summed E-state index contributed by atoms with van der Waals surface area (Å²) in [6.07, 6.45) is 0. The van der Waals surface area contributed by atoms with E-state index in [2.05, 4.69) is 5.32 Å². The van der Waals surface area contributed by atoms with Crippen LogP contribution in [0.5, 0.6) is 11.5 Å². The molecule has 0 saturated carbocycles. The van der Waals surface area contributed by atoms with Gasteiger partial charge in [0.25, 0.3) is 11.8 Å². The van der Waals surface area contributed by atoms with E-state index in [1.54, 1.807) is 54.6 Å². The minimum atomic E-state index is -0.668. The van der Waals surface area contributed by atoms with Crippen LogP contribution in [-0.2, 0) is 9.59 Å². The average Bonchev–Trinajstić information content (AvgIpc) is 3.05. The monoisotopic (exact) mass is 432 g/mol. The van der Waals surface area contributed by atoms with Gasteiger partial charge in [0.15, 0.2) is 0 Å². The summed E-state index contributed by atoms with van der Waals surface area (Å²) in [5, 5.41) is 3.04. The van der Waals surface area contributed by atoms with E-state index >= 15 is 0 Å². The minimum absolute atomic E-state index is 0.0342. The number of carbonyl (C=O) groups is 2. The van der Waals surface area contributed by atoms with Crippen molar-refractivity contribution in [2.45, 2.75) is 6.92 Å². The smallest absolute Gasteiger partial charge is 0.282 e. The molecule has 6 nitrogen and oxygen atoms in total. The predicted molar refractivity (Wildman–Crippen MR) is 120 cm³/mol. The lowest BCUT2D eigenvalue weighted by Crippen LogP contribution is -2.33. The summed E-state index contributed by atoms with van der Waals surface area (Å²) >= 11 is 0. The first kappa shape index (κ1) is 21.1. The van der Waals surface area contributed by atoms with Gasteiger partial charge in [0, 0.05) is 0 Å². The molecule has 162 valence electrons. The van der Waals surface area contributed by atoms with Crippen molar-refractivity contribution in [1.82, 2.24) is 0 Å². The second-order valence-electron chi connectivity index (χ2n) is 6.93. The number of ether oxygens (including phenoxy) is 2. The van der Waals surface area contributed by atoms with E-state index in [9.17, 15) is 14.0 Å². The number of hydrogen-bond donors (Lipinski definition) is 1. The number of amides is 2. The van der Waals surface area contributed by atoms with E-state index < -0.39 is 17.6 Å². The van der Waals surface area contributed by atoms with Gasteiger partial charge in [-0.25, -0.2) is 9.29 Å². The summed E-state index contributed by atoms with van der Waals surface area (Å²) in [4.78, 5) is 27.6. The third-order valence-corrected chi connectivity index (χ3v) is 5.00. The lowest BCUT2D eigenvalue weighted by molar-refractivity contribution is -0.120. The lowest BCUT2D eigenvalue weighted by Gasteiger charge is -2.16. The number of para-hydroxylation sites is 3. The maximum atomic E-state index is 14.5. The fourth-order valence-corrected chi connectivity index (χ4v) is 3.53. The molecule has 1 aliphatic heterocycles. The van der Waals surface area contributed by atoms with Crippen LogP contribution in [0.15, 0.2) is 78.5 Å². The molecular weight excluding hydrogens is 411 g/mol. The van der Waals surface area contributed by atoms with Crippen LogP contribution in [0.2, 0.25) is 0 Å². The third-order valence-electron chi connectivity index (χ3n) is 5.00. The number of nitrogens with one attached hydrogen (secondary N) is 1. The Labute approximate surface area is 184 Å². The molecule has 1 N–H and O–H groups in total. The number of imide groups is 1. The third kappa shape index (κ3) is 3.80. The Morgan fingerprint density at radius 3 is 2.28 bits per heavy atom. The Morgan fingerprint density at radius 2 is 1.59 bits per heavy atom. The Morgan fingerprint density at radius 1 is 0.906 bits per heavy atom. The van der Waals surface area contributed by atoms with Crippen LogP contribution in [0.3, 0.4) is 0 Å². The second kappa shape index (κ2) is 8.93. The number of hydrogen-bond acceptors (Lipinski definition) is 5. The number of rotatable bonds is 7. The maximum absolute atomic E-state index is 14.5. The van der Waals surface area contributed by atoms with E-state index in [-0.39, 0.29) is 17.0 Å². The quantitative estimate of drug-likeness (QED) is 0.552. The number of nitrogens with zero attached hydrogens (tertiary/aromatic N) is 1. The van der Waals surface area contributed by atoms with Crippen molar-refractivity contribution in [1.29, 1.82) is 0 Å². The van der Waals surface area contributed by atoms with Crippen LogP contribution in [0, 0.1) is 5.82 Å². The standard InChI is InChI=1S/C25H21FN2O4/c1-3-32-17-14-12-16(13-15-17)22-23(27-19-9-5-7-11-21(19)31-2)25(30)28(24(22)29)20-10-6-4-8-18(20)26/h4-15,27H,3H2,1-2H3. The van der Waals surface area contributed by atoms with Gasteiger partial charge >= 0.3 is 0 Å². The van der Waals surface area contributed by atoms with Gasteiger partial charge in [0.2, 0.25) is 0 Å². The molecule has 0 atom stereocenters. The summed E-state index contributed by atoms with van der Waals surface area (Å²) in [7, 11) is 1.51. The summed E-state index contributed by atoms with van der Waals surface area (Å²) in [6, 6.07) is 19.5. The SMILES string of the molecule is CCOc1ccc(C2=C(Nc3ccccc3OC)C(=O)N(c3ccccc3F)C2=O)cc1. The van der Waals surface area contributed by atoms with Gasteiger partial charge in [-0.3, -0.25) is 9.59 Å². The number of carbonyl (C=O) groups excluding carboxylic acids is 2. The first-order valence-electron chi connectivity index (χ1n) is 10.1. The van der Waals surface area contributed by atoms with Gasteiger partial charge in [-0.15, -0.1) is 0 Å². The molecule has 0 saturated heterocycles. The molecule has 0 aromatic heterocycles. The highest BCUT2D eigenvalue weighted by Crippen LogP contribution is 2.36. The molecule has 0 bridgehead atoms. The zero-order valence-electron chi connectivity index (χ0n) is 17.6. The van der Waals surface area contributed by atoms with E-state index in [0.29, 0.717) is 29.4 Å². The molecular formula is C25H21FN2O4. The van der Waals surface area contributed by atoms with Gasteiger partial charge in [-0.05, 0) is 48.9 Å². The van der Waals surface area contributed by atoms with Gasteiger partial charge in [0.1, 0.15) is 23.0 Å². The molecule has 0 unspecified atom stereocenters. The Balaban J connectivity index is 1.83. The van der Waals surface area contributed by atoms with Crippen LogP contribution in [0.25, 0.3) is 5.57 Å². The van der Waals surface area contributed by atoms with Crippen molar-refractivity contribution in [3.05, 3.63) is 89.9 Å². The van der Waals surface area contributed by atoms with Crippen molar-refractivity contribution >= 4 is 28.8 Å². The zero-order valence-corrected chi connectivity index (χ0v) is 17.6. The highest BCUT2D eigenvalue weighted by Gasteiger charge is 2.41. The van der Waals surface area contributed by atoms with Crippen LogP contribution in [-0.4, -0.2) is 25.5 Å². The van der Waals surface area contributed by atoms with Crippen molar-refractivity contribution in [3.8, 4) is 11.5 Å². The Bertz CT molecular complexity index is 1200. The van der Waals surface area contributed by atoms with Crippen LogP contribution in [0.4, 0.5) is 15.8 Å². The maximum Gasteiger partial charge on any atom is 0.282 e. The second-order valence-corrected chi connectivity index (χ2v) is 6.93. The fourth-order valence-electron chi connectivity index (χ4n) is 3.53. The van der Waals surface area contributed by atoms with Crippen LogP contribution >= 0.6 is 0 Å². The van der Waals surface area contributed by atoms with Crippen LogP contribution < -0.4 is 19.7 Å². The van der Waals surface area contributed by atoms with Gasteiger partial charge < -0.3 is 14.8 Å². The van der Waals surface area contributed by atoms with Gasteiger partial charge in [0.05, 0.1) is 30.7 Å². The first-order valence-corrected chi connectivity index (χ1v) is 10.1. The van der Waals surface area contributed by atoms with Crippen molar-refractivity contribution in [2.24, 2.45) is 0 Å². The summed E-state index contributed by atoms with van der Waals surface area (Å²) in [6.45, 7) is 2.37. The number of benzene rings is 3. The molecule has 3 aromatic carbocycles. The normalized spacial score (nSPS) is 13.5. The molecule has 0 aliphatic carbocycles. The fraction of sp³-hybridized carbons (Fsp3) is 0.120. The van der Waals surface area contributed by atoms with E-state index in [1.165, 1.54) is 25.3 Å². The lowest BCUT2D eigenvalue weighted by atomic mass is 10.0. The van der Waals surface area contributed by atoms with Crippen molar-refractivity contribution in [2.75, 3.05) is 23.9 Å². The first-order chi connectivity index (χ1) is 15.5. The summed E-state index contributed by atoms with van der Waals surface area (Å²) in [5.74, 6) is -0.815. The molecule has 4 rings (SSSR count). The zero-order chi connectivity index (χ0) is 22.7. The van der Waals surface area contributed by atoms with Crippen LogP contribution in [0.1, 0.15) is 12.5 Å². The van der Waals surface area contributed by atoms with E-state index in [4.69, 9.17) is 9.47 Å². The largest absolute Gasteiger partial charge is 0.495 e. The number of halogens is 1.